The molecular weight excluding hydrogens is 580 g/mol. The van der Waals surface area contributed by atoms with Gasteiger partial charge in [-0.05, 0) is 89.4 Å². The van der Waals surface area contributed by atoms with E-state index in [0.29, 0.717) is 17.3 Å². The second kappa shape index (κ2) is 14.2. The second-order valence-electron chi connectivity index (χ2n) is 12.3. The molecule has 0 bridgehead atoms. The molecular formula is C33H40N4O8. The number of carboxylic acids is 1. The van der Waals surface area contributed by atoms with Gasteiger partial charge in [-0.2, -0.15) is 0 Å². The van der Waals surface area contributed by atoms with Gasteiger partial charge in [0.25, 0.3) is 11.8 Å². The van der Waals surface area contributed by atoms with Crippen LogP contribution < -0.4 is 5.32 Å². The fraction of sp³-hybridized carbons (Fsp3) is 0.394. The van der Waals surface area contributed by atoms with Gasteiger partial charge < -0.3 is 19.9 Å². The molecule has 0 saturated heterocycles. The van der Waals surface area contributed by atoms with E-state index in [1.807, 2.05) is 13.0 Å². The Hall–Kier alpha value is -5.00. The topological polar surface area (TPSA) is 155 Å². The first kappa shape index (κ1) is 34.5. The van der Waals surface area contributed by atoms with E-state index in [0.717, 1.165) is 16.1 Å². The lowest BCUT2D eigenvalue weighted by molar-refractivity contribution is -0.159. The number of hydrogen-bond acceptors (Lipinski definition) is 8. The largest absolute Gasteiger partial charge is 0.480 e. The number of carboxylic acid groups (broad SMARTS) is 1. The average molecular weight is 621 g/mol. The molecule has 3 aromatic rings. The number of nitrogens with zero attached hydrogens (tertiary/aromatic N) is 3. The monoisotopic (exact) mass is 620 g/mol. The van der Waals surface area contributed by atoms with Gasteiger partial charge in [-0.25, -0.2) is 14.8 Å². The first-order valence-electron chi connectivity index (χ1n) is 14.5. The van der Waals surface area contributed by atoms with Crippen LogP contribution in [-0.4, -0.2) is 80.8 Å². The lowest BCUT2D eigenvalue weighted by atomic mass is 9.99. The highest BCUT2D eigenvalue weighted by atomic mass is 16.6. The molecule has 0 aliphatic rings. The molecule has 3 amide bonds. The van der Waals surface area contributed by atoms with Crippen molar-refractivity contribution in [1.82, 2.24) is 20.3 Å². The van der Waals surface area contributed by atoms with Crippen molar-refractivity contribution < 1.29 is 38.6 Å². The predicted octanol–water partition coefficient (Wildman–Crippen LogP) is 5.06. The van der Waals surface area contributed by atoms with E-state index in [4.69, 9.17) is 14.6 Å². The summed E-state index contributed by atoms with van der Waals surface area (Å²) in [7, 11) is 0. The van der Waals surface area contributed by atoms with Gasteiger partial charge in [0.1, 0.15) is 24.3 Å². The number of esters is 1. The zero-order valence-corrected chi connectivity index (χ0v) is 26.7. The molecule has 12 nitrogen and oxygen atoms in total. The summed E-state index contributed by atoms with van der Waals surface area (Å²) in [6.45, 7) is 11.1. The Bertz CT molecular complexity index is 1570. The third-order valence-electron chi connectivity index (χ3n) is 6.12. The highest BCUT2D eigenvalue weighted by Crippen LogP contribution is 2.27. The van der Waals surface area contributed by atoms with Crippen LogP contribution >= 0.6 is 0 Å². The van der Waals surface area contributed by atoms with Crippen molar-refractivity contribution in [3.8, 4) is 11.1 Å². The van der Waals surface area contributed by atoms with Gasteiger partial charge in [-0.1, -0.05) is 25.1 Å². The minimum Gasteiger partial charge on any atom is -0.480 e. The van der Waals surface area contributed by atoms with E-state index in [-0.39, 0.29) is 17.7 Å². The van der Waals surface area contributed by atoms with Gasteiger partial charge in [0, 0.05) is 23.7 Å². The Balaban J connectivity index is 1.93. The number of benzene rings is 2. The fourth-order valence-corrected chi connectivity index (χ4v) is 4.33. The number of hydrazine groups is 1. The molecule has 0 unspecified atom stereocenters. The molecule has 1 heterocycles. The van der Waals surface area contributed by atoms with Gasteiger partial charge in [-0.15, -0.1) is 0 Å². The Labute approximate surface area is 262 Å². The standard InChI is InChI=1S/C33H40N4O8/c1-8-17-36(37(31(43)45-33(5,6)7)20-28(40)44-32(2,3)4)30(42)22-11-9-21(10-12-22)23-13-14-26-25(18-23)24(15-16-34-26)29(41)35-19-27(38)39/h9-16,18H,8,17,19-20H2,1-7H3,(H,35,41)(H,38,39). The van der Waals surface area contributed by atoms with E-state index < -0.39 is 54.1 Å². The Morgan fingerprint density at radius 1 is 0.844 bits per heavy atom. The van der Waals surface area contributed by atoms with Crippen molar-refractivity contribution in [2.45, 2.75) is 66.1 Å². The highest BCUT2D eigenvalue weighted by Gasteiger charge is 2.33. The Morgan fingerprint density at radius 2 is 1.47 bits per heavy atom. The smallest absolute Gasteiger partial charge is 0.429 e. The SMILES string of the molecule is CCCN(C(=O)c1ccc(-c2ccc3nccc(C(=O)NCC(=O)O)c3c2)cc1)N(CC(=O)OC(C)(C)C)C(=O)OC(C)(C)C. The molecule has 0 spiro atoms. The first-order valence-corrected chi connectivity index (χ1v) is 14.5. The summed E-state index contributed by atoms with van der Waals surface area (Å²) in [6.07, 6.45) is 1.11. The second-order valence-corrected chi connectivity index (χ2v) is 12.3. The summed E-state index contributed by atoms with van der Waals surface area (Å²) in [5.74, 6) is -2.91. The fourth-order valence-electron chi connectivity index (χ4n) is 4.33. The van der Waals surface area contributed by atoms with Crippen molar-refractivity contribution in [2.24, 2.45) is 0 Å². The normalized spacial score (nSPS) is 11.4. The van der Waals surface area contributed by atoms with Crippen LogP contribution in [0.4, 0.5) is 4.79 Å². The van der Waals surface area contributed by atoms with Crippen LogP contribution in [0.5, 0.6) is 0 Å². The number of aromatic nitrogens is 1. The number of aliphatic carboxylic acids is 1. The number of carbonyl (C=O) groups is 5. The van der Waals surface area contributed by atoms with Crippen LogP contribution in [0.1, 0.15) is 75.6 Å². The maximum atomic E-state index is 13.8. The molecule has 0 saturated carbocycles. The zero-order chi connectivity index (χ0) is 33.5. The van der Waals surface area contributed by atoms with Crippen molar-refractivity contribution in [3.63, 3.8) is 0 Å². The number of hydrogen-bond donors (Lipinski definition) is 2. The molecule has 2 N–H and O–H groups in total. The zero-order valence-electron chi connectivity index (χ0n) is 26.7. The van der Waals surface area contributed by atoms with Crippen molar-refractivity contribution in [3.05, 3.63) is 65.9 Å². The molecule has 0 fully saturated rings. The van der Waals surface area contributed by atoms with E-state index in [1.54, 1.807) is 77.9 Å². The number of pyridine rings is 1. The van der Waals surface area contributed by atoms with E-state index in [1.165, 1.54) is 17.3 Å². The Kier molecular flexibility index (Phi) is 10.9. The lowest BCUT2D eigenvalue weighted by Crippen LogP contribution is -2.54. The van der Waals surface area contributed by atoms with Crippen molar-refractivity contribution >= 4 is 40.7 Å². The first-order chi connectivity index (χ1) is 21.0. The van der Waals surface area contributed by atoms with Gasteiger partial charge >= 0.3 is 18.0 Å². The van der Waals surface area contributed by atoms with E-state index in [2.05, 4.69) is 10.3 Å². The van der Waals surface area contributed by atoms with Crippen LogP contribution in [0.2, 0.25) is 0 Å². The highest BCUT2D eigenvalue weighted by molar-refractivity contribution is 6.07. The maximum absolute atomic E-state index is 13.8. The predicted molar refractivity (Wildman–Crippen MR) is 167 cm³/mol. The number of amides is 3. The van der Waals surface area contributed by atoms with Crippen LogP contribution in [0.15, 0.2) is 54.7 Å². The third kappa shape index (κ3) is 9.75. The minimum atomic E-state index is -1.16. The minimum absolute atomic E-state index is 0.132. The van der Waals surface area contributed by atoms with Crippen LogP contribution in [0, 0.1) is 0 Å². The molecule has 1 aromatic heterocycles. The molecule has 0 atom stereocenters. The summed E-state index contributed by atoms with van der Waals surface area (Å²) in [6, 6.07) is 13.5. The van der Waals surface area contributed by atoms with Crippen LogP contribution in [0.3, 0.4) is 0 Å². The molecule has 0 aliphatic carbocycles. The van der Waals surface area contributed by atoms with Gasteiger partial charge in [0.05, 0.1) is 11.1 Å². The van der Waals surface area contributed by atoms with Gasteiger partial charge in [0.2, 0.25) is 0 Å². The van der Waals surface area contributed by atoms with E-state index in [9.17, 15) is 24.0 Å². The molecule has 0 aliphatic heterocycles. The number of rotatable bonds is 9. The average Bonchev–Trinajstić information content (AvgIpc) is 2.95. The summed E-state index contributed by atoms with van der Waals surface area (Å²) in [4.78, 5) is 67.7. The van der Waals surface area contributed by atoms with Crippen molar-refractivity contribution in [1.29, 1.82) is 0 Å². The van der Waals surface area contributed by atoms with Gasteiger partial charge in [-0.3, -0.25) is 24.2 Å². The van der Waals surface area contributed by atoms with Crippen LogP contribution in [-0.2, 0) is 19.1 Å². The molecule has 0 radical (unpaired) electrons. The Morgan fingerprint density at radius 3 is 2.04 bits per heavy atom. The third-order valence-corrected chi connectivity index (χ3v) is 6.12. The summed E-state index contributed by atoms with van der Waals surface area (Å²) in [5, 5.41) is 14.0. The number of fused-ring (bicyclic) bond motifs is 1. The van der Waals surface area contributed by atoms with E-state index >= 15 is 0 Å². The van der Waals surface area contributed by atoms with Crippen LogP contribution in [0.25, 0.3) is 22.0 Å². The molecule has 2 aromatic carbocycles. The summed E-state index contributed by atoms with van der Waals surface area (Å²) < 4.78 is 11.0. The number of nitrogens with one attached hydrogen (secondary N) is 1. The molecule has 240 valence electrons. The molecule has 3 rings (SSSR count). The summed E-state index contributed by atoms with van der Waals surface area (Å²) >= 11 is 0. The maximum Gasteiger partial charge on any atom is 0.429 e. The number of carbonyl (C=O) groups excluding carboxylic acids is 4. The molecule has 12 heteroatoms. The lowest BCUT2D eigenvalue weighted by Gasteiger charge is -2.35. The quantitative estimate of drug-likeness (QED) is 0.247. The van der Waals surface area contributed by atoms with Crippen molar-refractivity contribution in [2.75, 3.05) is 19.6 Å². The van der Waals surface area contributed by atoms with Gasteiger partial charge in [0.15, 0.2) is 0 Å². The molecule has 45 heavy (non-hydrogen) atoms. The number of ether oxygens (including phenoxy) is 2. The summed E-state index contributed by atoms with van der Waals surface area (Å²) in [5.41, 5.74) is 0.877.